The number of tetrazole rings is 1. The van der Waals surface area contributed by atoms with Crippen LogP contribution in [0.2, 0.25) is 0 Å². The van der Waals surface area contributed by atoms with Gasteiger partial charge in [-0.2, -0.15) is 18.0 Å². The molecule has 2 aromatic rings. The summed E-state index contributed by atoms with van der Waals surface area (Å²) in [5.41, 5.74) is 8.51. The van der Waals surface area contributed by atoms with Crippen LogP contribution >= 0.6 is 0 Å². The van der Waals surface area contributed by atoms with Crippen molar-refractivity contribution in [1.82, 2.24) is 20.2 Å². The summed E-state index contributed by atoms with van der Waals surface area (Å²) in [5.74, 6) is 0. The first-order chi connectivity index (χ1) is 11.6. The largest absolute Gasteiger partial charge is 0.465 e. The summed E-state index contributed by atoms with van der Waals surface area (Å²) in [6, 6.07) is 4.18. The molecule has 0 aliphatic rings. The molecule has 1 unspecified atom stereocenters. The minimum Gasteiger partial charge on any atom is -0.465 e. The van der Waals surface area contributed by atoms with Crippen LogP contribution in [-0.2, 0) is 17.5 Å². The first-order valence-electron chi connectivity index (χ1n) is 6.42. The van der Waals surface area contributed by atoms with Crippen LogP contribution in [0.3, 0.4) is 0 Å². The number of amides is 2. The highest BCUT2D eigenvalue weighted by atomic mass is 19.4. The maximum atomic E-state index is 12.5. The van der Waals surface area contributed by atoms with E-state index in [2.05, 4.69) is 21.1 Å². The highest BCUT2D eigenvalue weighted by Crippen LogP contribution is 2.30. The van der Waals surface area contributed by atoms with Gasteiger partial charge in [0.25, 0.3) is 0 Å². The number of ether oxygens (including phenoxy) is 1. The topological polar surface area (TPSA) is 159 Å². The first kappa shape index (κ1) is 19.7. The monoisotopic (exact) mass is 362 g/mol. The number of halogens is 3. The number of hydrogen-bond acceptors (Lipinski definition) is 6. The molecule has 0 saturated heterocycles. The van der Waals surface area contributed by atoms with E-state index in [1.807, 2.05) is 0 Å². The van der Waals surface area contributed by atoms with Gasteiger partial charge in [-0.3, -0.25) is 0 Å². The molecule has 136 valence electrons. The van der Waals surface area contributed by atoms with E-state index in [9.17, 15) is 18.0 Å². The van der Waals surface area contributed by atoms with Crippen molar-refractivity contribution in [3.63, 3.8) is 0 Å². The Balaban J connectivity index is 0.000000705. The summed E-state index contributed by atoms with van der Waals surface area (Å²) in [6.45, 7) is -0.0195. The third kappa shape index (κ3) is 7.15. The molecule has 25 heavy (non-hydrogen) atoms. The molecule has 0 bridgehead atoms. The molecule has 1 aromatic carbocycles. The number of aromatic nitrogens is 4. The quantitative estimate of drug-likeness (QED) is 0.735. The van der Waals surface area contributed by atoms with Crippen LogP contribution in [0.1, 0.15) is 17.2 Å². The molecule has 0 saturated carbocycles. The number of rotatable bonds is 4. The second-order valence-corrected chi connectivity index (χ2v) is 4.37. The van der Waals surface area contributed by atoms with Crippen molar-refractivity contribution in [2.24, 2.45) is 11.5 Å². The average molecular weight is 362 g/mol. The normalized spacial score (nSPS) is 11.8. The van der Waals surface area contributed by atoms with Gasteiger partial charge in [-0.25, -0.2) is 9.59 Å². The molecule has 2 amide bonds. The number of nitrogens with zero attached hydrogens (tertiary/aromatic N) is 4. The zero-order chi connectivity index (χ0) is 19.0. The summed E-state index contributed by atoms with van der Waals surface area (Å²) in [6.07, 6.45) is -6.57. The Bertz CT molecular complexity index is 686. The van der Waals surface area contributed by atoms with Gasteiger partial charge in [-0.05, 0) is 22.9 Å². The molecule has 1 heterocycles. The predicted octanol–water partition coefficient (Wildman–Crippen LogP) is 1.15. The maximum Gasteiger partial charge on any atom is 0.416 e. The van der Waals surface area contributed by atoms with E-state index >= 15 is 0 Å². The third-order valence-corrected chi connectivity index (χ3v) is 2.59. The van der Waals surface area contributed by atoms with Crippen molar-refractivity contribution in [3.8, 4) is 0 Å². The fraction of sp³-hybridized carbons (Fsp3) is 0.250. The Hall–Kier alpha value is -3.38. The lowest BCUT2D eigenvalue weighted by atomic mass is 10.1. The van der Waals surface area contributed by atoms with Crippen molar-refractivity contribution < 1.29 is 32.6 Å². The summed E-state index contributed by atoms with van der Waals surface area (Å²) in [7, 11) is 0. The molecule has 0 fully saturated rings. The Morgan fingerprint density at radius 1 is 1.24 bits per heavy atom. The SMILES string of the molecule is NC(=O)O.NC(=O)OC(Cn1ncnn1)c1ccc(C(F)(F)F)cc1. The lowest BCUT2D eigenvalue weighted by Crippen LogP contribution is -2.22. The minimum absolute atomic E-state index is 0.0195. The van der Waals surface area contributed by atoms with E-state index in [1.165, 1.54) is 18.5 Å². The highest BCUT2D eigenvalue weighted by molar-refractivity contribution is 5.65. The van der Waals surface area contributed by atoms with Crippen LogP contribution < -0.4 is 11.5 Å². The van der Waals surface area contributed by atoms with Crippen LogP contribution in [0.5, 0.6) is 0 Å². The zero-order valence-electron chi connectivity index (χ0n) is 12.4. The van der Waals surface area contributed by atoms with E-state index in [0.29, 0.717) is 5.56 Å². The molecule has 1 aromatic heterocycles. The van der Waals surface area contributed by atoms with Crippen molar-refractivity contribution >= 4 is 12.2 Å². The highest BCUT2D eigenvalue weighted by Gasteiger charge is 2.30. The van der Waals surface area contributed by atoms with E-state index in [0.717, 1.165) is 16.9 Å². The molecule has 2 rings (SSSR count). The maximum absolute atomic E-state index is 12.5. The van der Waals surface area contributed by atoms with Crippen molar-refractivity contribution in [2.75, 3.05) is 0 Å². The van der Waals surface area contributed by atoms with Crippen LogP contribution in [0, 0.1) is 0 Å². The second-order valence-electron chi connectivity index (χ2n) is 4.37. The number of benzene rings is 1. The lowest BCUT2D eigenvalue weighted by molar-refractivity contribution is -0.137. The fourth-order valence-corrected chi connectivity index (χ4v) is 1.66. The molecule has 0 radical (unpaired) electrons. The van der Waals surface area contributed by atoms with Gasteiger partial charge < -0.3 is 21.3 Å². The zero-order valence-corrected chi connectivity index (χ0v) is 12.4. The summed E-state index contributed by atoms with van der Waals surface area (Å²) < 4.78 is 42.4. The lowest BCUT2D eigenvalue weighted by Gasteiger charge is -2.17. The number of carbonyl (C=O) groups excluding carboxylic acids is 1. The number of carbonyl (C=O) groups is 2. The Kier molecular flexibility index (Phi) is 6.66. The van der Waals surface area contributed by atoms with E-state index in [4.69, 9.17) is 20.4 Å². The Morgan fingerprint density at radius 3 is 2.20 bits per heavy atom. The first-order valence-corrected chi connectivity index (χ1v) is 6.42. The summed E-state index contributed by atoms with van der Waals surface area (Å²) in [4.78, 5) is 20.8. The van der Waals surface area contributed by atoms with Gasteiger partial charge in [0, 0.05) is 0 Å². The molecule has 0 aliphatic heterocycles. The van der Waals surface area contributed by atoms with E-state index < -0.39 is 30.0 Å². The molecule has 10 nitrogen and oxygen atoms in total. The fourth-order valence-electron chi connectivity index (χ4n) is 1.66. The summed E-state index contributed by atoms with van der Waals surface area (Å²) >= 11 is 0. The molecular weight excluding hydrogens is 349 g/mol. The van der Waals surface area contributed by atoms with Gasteiger partial charge in [-0.15, -0.1) is 10.2 Å². The molecule has 0 aliphatic carbocycles. The number of alkyl halides is 3. The standard InChI is InChI=1S/C11H10F3N5O2.CH3NO2/c12-11(13,14)8-3-1-7(2-4-8)9(21-10(15)20)5-19-17-6-16-18-19;2-1(3)4/h1-4,6,9H,5H2,(H2,15,20);2H2,(H,3,4). The Morgan fingerprint density at radius 2 is 1.80 bits per heavy atom. The number of carboxylic acid groups (broad SMARTS) is 1. The predicted molar refractivity (Wildman–Crippen MR) is 74.9 cm³/mol. The van der Waals surface area contributed by atoms with Gasteiger partial charge in [0.15, 0.2) is 12.4 Å². The Labute approximate surface area is 138 Å². The minimum atomic E-state index is -4.44. The number of hydrogen-bond donors (Lipinski definition) is 3. The molecular formula is C12H13F3N6O4. The average Bonchev–Trinajstić information content (AvgIpc) is 2.98. The van der Waals surface area contributed by atoms with Gasteiger partial charge in [-0.1, -0.05) is 12.1 Å². The molecule has 13 heteroatoms. The van der Waals surface area contributed by atoms with Crippen LogP contribution in [0.25, 0.3) is 0 Å². The molecule has 5 N–H and O–H groups in total. The number of nitrogens with two attached hydrogens (primary N) is 2. The summed E-state index contributed by atoms with van der Waals surface area (Å²) in [5, 5.41) is 18.0. The van der Waals surface area contributed by atoms with Crippen LogP contribution in [-0.4, -0.2) is 37.5 Å². The van der Waals surface area contributed by atoms with Crippen LogP contribution in [0.15, 0.2) is 30.6 Å². The van der Waals surface area contributed by atoms with Crippen LogP contribution in [0.4, 0.5) is 22.8 Å². The van der Waals surface area contributed by atoms with Gasteiger partial charge in [0.05, 0.1) is 5.56 Å². The van der Waals surface area contributed by atoms with E-state index in [1.54, 1.807) is 0 Å². The van der Waals surface area contributed by atoms with E-state index in [-0.39, 0.29) is 6.54 Å². The van der Waals surface area contributed by atoms with Crippen molar-refractivity contribution in [2.45, 2.75) is 18.8 Å². The molecule has 0 spiro atoms. The van der Waals surface area contributed by atoms with Crippen molar-refractivity contribution in [3.05, 3.63) is 41.7 Å². The third-order valence-electron chi connectivity index (χ3n) is 2.59. The smallest absolute Gasteiger partial charge is 0.416 e. The molecule has 1 atom stereocenters. The second kappa shape index (κ2) is 8.47. The van der Waals surface area contributed by atoms with Gasteiger partial charge in [0.1, 0.15) is 6.54 Å². The van der Waals surface area contributed by atoms with Crippen molar-refractivity contribution in [1.29, 1.82) is 0 Å². The van der Waals surface area contributed by atoms with Gasteiger partial charge >= 0.3 is 18.4 Å². The van der Waals surface area contributed by atoms with Gasteiger partial charge in [0.2, 0.25) is 0 Å². The number of primary amides is 2.